The molecule has 2 heterocycles. The van der Waals surface area contributed by atoms with Gasteiger partial charge >= 0.3 is 16.5 Å². The molecule has 0 amide bonds. The van der Waals surface area contributed by atoms with Crippen molar-refractivity contribution in [1.29, 1.82) is 0 Å². The fourth-order valence-electron chi connectivity index (χ4n) is 2.56. The number of nitrogens with zero attached hydrogens (tertiary/aromatic N) is 5. The molecule has 0 aliphatic rings. The first-order valence-electron chi connectivity index (χ1n) is 8.99. The van der Waals surface area contributed by atoms with E-state index in [2.05, 4.69) is 15.3 Å². The molecule has 0 fully saturated rings. The van der Waals surface area contributed by atoms with Crippen LogP contribution in [-0.2, 0) is 26.3 Å². The van der Waals surface area contributed by atoms with E-state index in [4.69, 9.17) is 4.18 Å². The number of aromatic nitrogens is 4. The summed E-state index contributed by atoms with van der Waals surface area (Å²) in [4.78, 5) is 16.1. The van der Waals surface area contributed by atoms with Crippen molar-refractivity contribution in [1.82, 2.24) is 24.3 Å². The van der Waals surface area contributed by atoms with Crippen molar-refractivity contribution in [2.24, 2.45) is 0 Å². The van der Waals surface area contributed by atoms with E-state index in [0.717, 1.165) is 28.7 Å². The molecule has 33 heavy (non-hydrogen) atoms. The molecule has 0 bridgehead atoms. The van der Waals surface area contributed by atoms with Gasteiger partial charge in [0.25, 0.3) is 5.56 Å². The smallest absolute Gasteiger partial charge is 0.369 e. The third-order valence-corrected chi connectivity index (χ3v) is 7.39. The lowest BCUT2D eigenvalue weighted by atomic mass is 10.1. The molecule has 178 valence electrons. The van der Waals surface area contributed by atoms with Crippen LogP contribution in [0.1, 0.15) is 12.5 Å². The first-order chi connectivity index (χ1) is 15.2. The van der Waals surface area contributed by atoms with Gasteiger partial charge in [0, 0.05) is 20.2 Å². The molecular formula is C17H16F3N5O6S2. The average molecular weight is 507 g/mol. The van der Waals surface area contributed by atoms with Crippen molar-refractivity contribution >= 4 is 31.0 Å². The highest BCUT2D eigenvalue weighted by atomic mass is 32.2. The molecular weight excluding hydrogens is 491 g/mol. The molecule has 0 radical (unpaired) electrons. The Balaban J connectivity index is 2.27. The summed E-state index contributed by atoms with van der Waals surface area (Å²) in [5.41, 5.74) is -2.37. The minimum Gasteiger partial charge on any atom is -0.369 e. The first kappa shape index (κ1) is 24.5. The Hall–Kier alpha value is -3.11. The van der Waals surface area contributed by atoms with Crippen molar-refractivity contribution in [3.05, 3.63) is 46.4 Å². The number of benzene rings is 1. The van der Waals surface area contributed by atoms with E-state index in [9.17, 15) is 34.8 Å². The number of sulfone groups is 1. The van der Waals surface area contributed by atoms with Gasteiger partial charge in [-0.1, -0.05) is 12.1 Å². The molecule has 0 saturated heterocycles. The summed E-state index contributed by atoms with van der Waals surface area (Å²) in [5, 5.41) is 6.79. The minimum absolute atomic E-state index is 0.152. The van der Waals surface area contributed by atoms with Crippen molar-refractivity contribution in [3.8, 4) is 11.6 Å². The first-order valence-corrected chi connectivity index (χ1v) is 12.0. The molecule has 0 atom stereocenters. The molecule has 11 nitrogen and oxygen atoms in total. The van der Waals surface area contributed by atoms with Crippen molar-refractivity contribution in [3.63, 3.8) is 0 Å². The standard InChI is InChI=1S/C17H16F3N5O6S2/c1-4-32(27,28)14-8-11(31-33(29,30)24(2)3)9-21-15(14)25-16(26)12-7-10(17(18,19)20)5-6-13(12)22-23-25/h5-9H,4H2,1-3H3. The third kappa shape index (κ3) is 4.81. The normalized spacial score (nSPS) is 12.9. The highest BCUT2D eigenvalue weighted by molar-refractivity contribution is 7.91. The number of halogens is 3. The Morgan fingerprint density at radius 2 is 1.79 bits per heavy atom. The zero-order chi connectivity index (χ0) is 24.8. The van der Waals surface area contributed by atoms with E-state index in [1.165, 1.54) is 21.0 Å². The second-order valence-electron chi connectivity index (χ2n) is 6.76. The fraction of sp³-hybridized carbons (Fsp3) is 0.294. The number of alkyl halides is 3. The SMILES string of the molecule is CCS(=O)(=O)c1cc(OS(=O)(=O)N(C)C)cnc1-n1nnc2ccc(C(F)(F)F)cc2c1=O. The molecule has 0 spiro atoms. The molecule has 2 aromatic heterocycles. The van der Waals surface area contributed by atoms with Gasteiger partial charge in [-0.2, -0.15) is 30.6 Å². The Kier molecular flexibility index (Phi) is 6.20. The van der Waals surface area contributed by atoms with Gasteiger partial charge in [-0.3, -0.25) is 4.79 Å². The second kappa shape index (κ2) is 8.35. The number of pyridine rings is 1. The van der Waals surface area contributed by atoms with Crippen LogP contribution in [0.25, 0.3) is 16.7 Å². The molecule has 0 aliphatic heterocycles. The molecule has 0 unspecified atom stereocenters. The van der Waals surface area contributed by atoms with Crippen LogP contribution < -0.4 is 9.74 Å². The summed E-state index contributed by atoms with van der Waals surface area (Å²) >= 11 is 0. The van der Waals surface area contributed by atoms with Gasteiger partial charge in [-0.05, 0) is 18.2 Å². The van der Waals surface area contributed by atoms with E-state index in [1.807, 2.05) is 0 Å². The van der Waals surface area contributed by atoms with Gasteiger partial charge in [-0.15, -0.1) is 5.10 Å². The highest BCUT2D eigenvalue weighted by Gasteiger charge is 2.31. The van der Waals surface area contributed by atoms with E-state index >= 15 is 0 Å². The largest absolute Gasteiger partial charge is 0.416 e. The van der Waals surface area contributed by atoms with Crippen LogP contribution in [0.2, 0.25) is 0 Å². The maximum absolute atomic E-state index is 13.1. The fourth-order valence-corrected chi connectivity index (χ4v) is 4.07. The Labute approximate surface area is 185 Å². The molecule has 0 saturated carbocycles. The van der Waals surface area contributed by atoms with Crippen LogP contribution in [0.4, 0.5) is 13.2 Å². The van der Waals surface area contributed by atoms with Gasteiger partial charge in [0.05, 0.1) is 22.9 Å². The van der Waals surface area contributed by atoms with Gasteiger partial charge in [0.2, 0.25) is 0 Å². The maximum Gasteiger partial charge on any atom is 0.416 e. The van der Waals surface area contributed by atoms with Crippen LogP contribution in [-0.4, -0.2) is 61.0 Å². The molecule has 0 aliphatic carbocycles. The molecule has 0 N–H and O–H groups in total. The van der Waals surface area contributed by atoms with Crippen molar-refractivity contribution in [2.75, 3.05) is 19.8 Å². The Morgan fingerprint density at radius 3 is 2.36 bits per heavy atom. The minimum atomic E-state index is -4.74. The monoisotopic (exact) mass is 507 g/mol. The van der Waals surface area contributed by atoms with Gasteiger partial charge in [0.1, 0.15) is 10.4 Å². The lowest BCUT2D eigenvalue weighted by Crippen LogP contribution is -2.28. The number of hydrogen-bond acceptors (Lipinski definition) is 9. The zero-order valence-corrected chi connectivity index (χ0v) is 18.9. The lowest BCUT2D eigenvalue weighted by molar-refractivity contribution is -0.137. The van der Waals surface area contributed by atoms with Gasteiger partial charge in [0.15, 0.2) is 21.4 Å². The summed E-state index contributed by atoms with van der Waals surface area (Å²) in [6, 6.07) is 3.07. The summed E-state index contributed by atoms with van der Waals surface area (Å²) < 4.78 is 94.4. The number of fused-ring (bicyclic) bond motifs is 1. The summed E-state index contributed by atoms with van der Waals surface area (Å²) in [6.45, 7) is 1.29. The van der Waals surface area contributed by atoms with Gasteiger partial charge < -0.3 is 4.18 Å². The second-order valence-corrected chi connectivity index (χ2v) is 10.8. The predicted octanol–water partition coefficient (Wildman–Crippen LogP) is 1.17. The Bertz CT molecular complexity index is 1500. The predicted molar refractivity (Wildman–Crippen MR) is 109 cm³/mol. The van der Waals surface area contributed by atoms with E-state index in [-0.39, 0.29) is 5.52 Å². The Morgan fingerprint density at radius 1 is 1.12 bits per heavy atom. The summed E-state index contributed by atoms with van der Waals surface area (Å²) in [7, 11) is -6.03. The maximum atomic E-state index is 13.1. The number of hydrogen-bond donors (Lipinski definition) is 0. The van der Waals surface area contributed by atoms with E-state index in [0.29, 0.717) is 10.7 Å². The molecule has 3 aromatic rings. The lowest BCUT2D eigenvalue weighted by Gasteiger charge is -2.14. The van der Waals surface area contributed by atoms with Crippen LogP contribution in [0.15, 0.2) is 40.2 Å². The molecule has 16 heteroatoms. The number of rotatable bonds is 6. The van der Waals surface area contributed by atoms with E-state index < -0.39 is 65.0 Å². The third-order valence-electron chi connectivity index (χ3n) is 4.36. The van der Waals surface area contributed by atoms with Crippen LogP contribution >= 0.6 is 0 Å². The van der Waals surface area contributed by atoms with Crippen LogP contribution in [0.3, 0.4) is 0 Å². The average Bonchev–Trinajstić information content (AvgIpc) is 2.73. The summed E-state index contributed by atoms with van der Waals surface area (Å²) in [6.07, 6.45) is -3.91. The van der Waals surface area contributed by atoms with E-state index in [1.54, 1.807) is 0 Å². The van der Waals surface area contributed by atoms with Crippen molar-refractivity contribution < 1.29 is 34.2 Å². The van der Waals surface area contributed by atoms with Crippen LogP contribution in [0.5, 0.6) is 5.75 Å². The topological polar surface area (TPSA) is 141 Å². The van der Waals surface area contributed by atoms with Crippen LogP contribution in [0, 0.1) is 0 Å². The molecule has 3 rings (SSSR count). The quantitative estimate of drug-likeness (QED) is 0.481. The molecule has 1 aromatic carbocycles. The van der Waals surface area contributed by atoms with Crippen molar-refractivity contribution in [2.45, 2.75) is 18.0 Å². The van der Waals surface area contributed by atoms with Gasteiger partial charge in [-0.25, -0.2) is 13.4 Å². The summed E-state index contributed by atoms with van der Waals surface area (Å²) in [5.74, 6) is -1.52. The zero-order valence-electron chi connectivity index (χ0n) is 17.2. The highest BCUT2D eigenvalue weighted by Crippen LogP contribution is 2.30.